The number of rotatable bonds is 4. The Hall–Kier alpha value is -3.02. The number of amides is 1. The second kappa shape index (κ2) is 6.17. The Balaban J connectivity index is 1.70. The van der Waals surface area contributed by atoms with E-state index in [1.807, 2.05) is 37.3 Å². The van der Waals surface area contributed by atoms with Crippen molar-refractivity contribution in [2.75, 3.05) is 0 Å². The number of nitrogens with one attached hydrogen (secondary N) is 1. The number of hydrogen-bond donors (Lipinski definition) is 1. The molecule has 0 aliphatic carbocycles. The monoisotopic (exact) mass is 293 g/mol. The highest BCUT2D eigenvalue weighted by Gasteiger charge is 2.12. The number of hydrogen-bond acceptors (Lipinski definition) is 4. The van der Waals surface area contributed by atoms with Crippen molar-refractivity contribution in [1.29, 1.82) is 0 Å². The van der Waals surface area contributed by atoms with Crippen LogP contribution in [0.2, 0.25) is 0 Å². The molecule has 0 spiro atoms. The first kappa shape index (κ1) is 13.9. The predicted molar refractivity (Wildman–Crippen MR) is 81.5 cm³/mol. The molecule has 6 nitrogen and oxygen atoms in total. The van der Waals surface area contributed by atoms with Gasteiger partial charge in [0.1, 0.15) is 12.7 Å². The SMILES string of the molecule is C[C@@H](NC(=O)c1ccc(-n2cncn2)cc1)c1ccccn1. The summed E-state index contributed by atoms with van der Waals surface area (Å²) < 4.78 is 1.64. The molecule has 3 aromatic rings. The van der Waals surface area contributed by atoms with E-state index in [0.29, 0.717) is 5.56 Å². The fourth-order valence-electron chi connectivity index (χ4n) is 2.09. The average Bonchev–Trinajstić information content (AvgIpc) is 3.10. The molecule has 0 aliphatic rings. The van der Waals surface area contributed by atoms with E-state index in [1.54, 1.807) is 29.3 Å². The molecule has 2 heterocycles. The second-order valence-electron chi connectivity index (χ2n) is 4.84. The number of pyridine rings is 1. The zero-order chi connectivity index (χ0) is 15.4. The van der Waals surface area contributed by atoms with E-state index in [0.717, 1.165) is 11.4 Å². The maximum absolute atomic E-state index is 12.3. The van der Waals surface area contributed by atoms with Crippen LogP contribution in [0.5, 0.6) is 0 Å². The Morgan fingerprint density at radius 3 is 2.64 bits per heavy atom. The van der Waals surface area contributed by atoms with Gasteiger partial charge in [-0.1, -0.05) is 6.07 Å². The molecule has 1 aromatic carbocycles. The zero-order valence-electron chi connectivity index (χ0n) is 12.0. The Morgan fingerprint density at radius 1 is 1.18 bits per heavy atom. The van der Waals surface area contributed by atoms with E-state index < -0.39 is 0 Å². The van der Waals surface area contributed by atoms with Gasteiger partial charge in [0.15, 0.2) is 0 Å². The largest absolute Gasteiger partial charge is 0.344 e. The molecular formula is C16H15N5O. The van der Waals surface area contributed by atoms with Gasteiger partial charge < -0.3 is 5.32 Å². The van der Waals surface area contributed by atoms with Crippen molar-refractivity contribution in [3.05, 3.63) is 72.6 Å². The highest BCUT2D eigenvalue weighted by atomic mass is 16.1. The van der Waals surface area contributed by atoms with Gasteiger partial charge in [0.2, 0.25) is 0 Å². The third-order valence-electron chi connectivity index (χ3n) is 3.29. The molecule has 22 heavy (non-hydrogen) atoms. The van der Waals surface area contributed by atoms with Gasteiger partial charge in [-0.2, -0.15) is 5.10 Å². The Kier molecular flexibility index (Phi) is 3.91. The van der Waals surface area contributed by atoms with Crippen molar-refractivity contribution in [2.24, 2.45) is 0 Å². The fourth-order valence-corrected chi connectivity index (χ4v) is 2.09. The molecule has 0 radical (unpaired) electrons. The van der Waals surface area contributed by atoms with Crippen molar-refractivity contribution in [2.45, 2.75) is 13.0 Å². The van der Waals surface area contributed by atoms with Crippen LogP contribution in [0, 0.1) is 0 Å². The summed E-state index contributed by atoms with van der Waals surface area (Å²) in [6, 6.07) is 12.7. The fraction of sp³-hybridized carbons (Fsp3) is 0.125. The molecule has 1 atom stereocenters. The summed E-state index contributed by atoms with van der Waals surface area (Å²) in [5, 5.41) is 6.98. The first-order valence-electron chi connectivity index (χ1n) is 6.91. The van der Waals surface area contributed by atoms with Gasteiger partial charge >= 0.3 is 0 Å². The molecule has 1 amide bonds. The third kappa shape index (κ3) is 3.01. The first-order valence-corrected chi connectivity index (χ1v) is 6.91. The van der Waals surface area contributed by atoms with Crippen LogP contribution in [0.3, 0.4) is 0 Å². The van der Waals surface area contributed by atoms with Crippen LogP contribution in [0.25, 0.3) is 5.69 Å². The van der Waals surface area contributed by atoms with Gasteiger partial charge in [-0.05, 0) is 43.3 Å². The Bertz CT molecular complexity index is 738. The van der Waals surface area contributed by atoms with Crippen LogP contribution in [0.1, 0.15) is 29.0 Å². The van der Waals surface area contributed by atoms with Crippen molar-refractivity contribution in [1.82, 2.24) is 25.1 Å². The maximum Gasteiger partial charge on any atom is 0.251 e. The summed E-state index contributed by atoms with van der Waals surface area (Å²) in [7, 11) is 0. The minimum atomic E-state index is -0.149. The highest BCUT2D eigenvalue weighted by Crippen LogP contribution is 2.11. The number of nitrogens with zero attached hydrogens (tertiary/aromatic N) is 4. The van der Waals surface area contributed by atoms with E-state index in [9.17, 15) is 4.79 Å². The van der Waals surface area contributed by atoms with Gasteiger partial charge in [-0.25, -0.2) is 9.67 Å². The molecule has 0 fully saturated rings. The van der Waals surface area contributed by atoms with Crippen LogP contribution in [-0.4, -0.2) is 25.7 Å². The molecule has 0 saturated carbocycles. The standard InChI is InChI=1S/C16H15N5O/c1-12(15-4-2-3-9-18-15)20-16(22)13-5-7-14(8-6-13)21-11-17-10-19-21/h2-12H,1H3,(H,20,22)/t12-/m1/s1. The molecule has 2 aromatic heterocycles. The summed E-state index contributed by atoms with van der Waals surface area (Å²) in [5.41, 5.74) is 2.27. The van der Waals surface area contributed by atoms with Crippen molar-refractivity contribution in [3.63, 3.8) is 0 Å². The van der Waals surface area contributed by atoms with E-state index in [4.69, 9.17) is 0 Å². The molecule has 0 bridgehead atoms. The van der Waals surface area contributed by atoms with Crippen LogP contribution < -0.4 is 5.32 Å². The predicted octanol–water partition coefficient (Wildman–Crippen LogP) is 2.15. The highest BCUT2D eigenvalue weighted by molar-refractivity contribution is 5.94. The lowest BCUT2D eigenvalue weighted by Crippen LogP contribution is -2.27. The van der Waals surface area contributed by atoms with Gasteiger partial charge in [-0.15, -0.1) is 0 Å². The lowest BCUT2D eigenvalue weighted by atomic mass is 10.1. The summed E-state index contributed by atoms with van der Waals surface area (Å²) in [6.07, 6.45) is 4.79. The molecular weight excluding hydrogens is 278 g/mol. The topological polar surface area (TPSA) is 72.7 Å². The van der Waals surface area contributed by atoms with Gasteiger partial charge in [-0.3, -0.25) is 9.78 Å². The molecule has 0 saturated heterocycles. The maximum atomic E-state index is 12.3. The van der Waals surface area contributed by atoms with Crippen molar-refractivity contribution < 1.29 is 4.79 Å². The molecule has 3 rings (SSSR count). The number of carbonyl (C=O) groups excluding carboxylic acids is 1. The summed E-state index contributed by atoms with van der Waals surface area (Å²) in [4.78, 5) is 20.4. The zero-order valence-corrected chi connectivity index (χ0v) is 12.0. The van der Waals surface area contributed by atoms with E-state index in [2.05, 4.69) is 20.4 Å². The molecule has 0 unspecified atom stereocenters. The van der Waals surface area contributed by atoms with E-state index in [-0.39, 0.29) is 11.9 Å². The molecule has 110 valence electrons. The summed E-state index contributed by atoms with van der Waals surface area (Å²) in [6.45, 7) is 1.91. The quantitative estimate of drug-likeness (QED) is 0.800. The molecule has 0 aliphatic heterocycles. The normalized spacial score (nSPS) is 11.9. The van der Waals surface area contributed by atoms with E-state index in [1.165, 1.54) is 6.33 Å². The first-order chi connectivity index (χ1) is 10.7. The van der Waals surface area contributed by atoms with Gasteiger partial charge in [0.25, 0.3) is 5.91 Å². The van der Waals surface area contributed by atoms with Crippen LogP contribution in [0.4, 0.5) is 0 Å². The lowest BCUT2D eigenvalue weighted by molar-refractivity contribution is 0.0939. The van der Waals surface area contributed by atoms with Crippen LogP contribution in [0.15, 0.2) is 61.3 Å². The number of benzene rings is 1. The van der Waals surface area contributed by atoms with Crippen molar-refractivity contribution >= 4 is 5.91 Å². The lowest BCUT2D eigenvalue weighted by Gasteiger charge is -2.13. The third-order valence-corrected chi connectivity index (χ3v) is 3.29. The smallest absolute Gasteiger partial charge is 0.251 e. The van der Waals surface area contributed by atoms with Gasteiger partial charge in [0.05, 0.1) is 17.4 Å². The average molecular weight is 293 g/mol. The van der Waals surface area contributed by atoms with E-state index >= 15 is 0 Å². The number of carbonyl (C=O) groups is 1. The van der Waals surface area contributed by atoms with Gasteiger partial charge in [0, 0.05) is 11.8 Å². The Labute approximate surface area is 127 Å². The number of aromatic nitrogens is 4. The summed E-state index contributed by atoms with van der Waals surface area (Å²) in [5.74, 6) is -0.136. The van der Waals surface area contributed by atoms with Crippen LogP contribution >= 0.6 is 0 Å². The second-order valence-corrected chi connectivity index (χ2v) is 4.84. The summed E-state index contributed by atoms with van der Waals surface area (Å²) >= 11 is 0. The van der Waals surface area contributed by atoms with Crippen LogP contribution in [-0.2, 0) is 0 Å². The minimum absolute atomic E-state index is 0.136. The Morgan fingerprint density at radius 2 is 2.00 bits per heavy atom. The van der Waals surface area contributed by atoms with Crippen molar-refractivity contribution in [3.8, 4) is 5.69 Å². The minimum Gasteiger partial charge on any atom is -0.344 e. The molecule has 6 heteroatoms. The molecule has 1 N–H and O–H groups in total.